The van der Waals surface area contributed by atoms with Crippen LogP contribution in [0.4, 0.5) is 4.79 Å². The van der Waals surface area contributed by atoms with Crippen molar-refractivity contribution in [2.75, 3.05) is 6.54 Å². The van der Waals surface area contributed by atoms with Gasteiger partial charge in [0.1, 0.15) is 6.04 Å². The van der Waals surface area contributed by atoms with E-state index in [4.69, 9.17) is 15.9 Å². The number of nitrogens with one attached hydrogen (secondary N) is 2. The molecule has 2 amide bonds. The predicted octanol–water partition coefficient (Wildman–Crippen LogP) is 0.121. The van der Waals surface area contributed by atoms with E-state index >= 15 is 0 Å². The lowest BCUT2D eigenvalue weighted by Gasteiger charge is -2.18. The monoisotopic (exact) mass is 289 g/mol. The molecule has 0 bridgehead atoms. The van der Waals surface area contributed by atoms with Crippen LogP contribution in [-0.4, -0.2) is 46.8 Å². The average molecular weight is 289 g/mol. The number of hydrogen-bond donors (Lipinski definition) is 5. The van der Waals surface area contributed by atoms with Crippen LogP contribution in [-0.2, 0) is 9.59 Å². The predicted molar refractivity (Wildman–Crippen MR) is 72.3 cm³/mol. The summed E-state index contributed by atoms with van der Waals surface area (Å²) >= 11 is 0. The van der Waals surface area contributed by atoms with E-state index in [1.54, 1.807) is 0 Å². The summed E-state index contributed by atoms with van der Waals surface area (Å²) in [7, 11) is 0. The fraction of sp³-hybridized carbons (Fsp3) is 0.750. The molecule has 0 saturated carbocycles. The molecule has 0 heterocycles. The minimum absolute atomic E-state index is 0.101. The molecule has 0 aromatic heterocycles. The first-order valence-electron chi connectivity index (χ1n) is 6.58. The Morgan fingerprint density at radius 1 is 1.10 bits per heavy atom. The first-order chi connectivity index (χ1) is 9.36. The molecule has 2 atom stereocenters. The van der Waals surface area contributed by atoms with Crippen LogP contribution in [0.3, 0.4) is 0 Å². The Balaban J connectivity index is 4.11. The van der Waals surface area contributed by atoms with E-state index in [9.17, 15) is 14.4 Å². The van der Waals surface area contributed by atoms with E-state index in [1.165, 1.54) is 0 Å². The molecule has 0 unspecified atom stereocenters. The Morgan fingerprint density at radius 2 is 1.75 bits per heavy atom. The van der Waals surface area contributed by atoms with E-state index in [2.05, 4.69) is 10.6 Å². The molecular weight excluding hydrogens is 266 g/mol. The normalized spacial score (nSPS) is 13.3. The molecule has 6 N–H and O–H groups in total. The van der Waals surface area contributed by atoms with Gasteiger partial charge in [-0.15, -0.1) is 0 Å². The molecule has 116 valence electrons. The Labute approximate surface area is 117 Å². The molecule has 0 aliphatic carbocycles. The largest absolute Gasteiger partial charge is 0.481 e. The maximum atomic E-state index is 11.6. The van der Waals surface area contributed by atoms with Crippen molar-refractivity contribution in [1.82, 2.24) is 10.6 Å². The van der Waals surface area contributed by atoms with Gasteiger partial charge >= 0.3 is 18.0 Å². The number of rotatable bonds is 10. The van der Waals surface area contributed by atoms with Gasteiger partial charge < -0.3 is 26.6 Å². The van der Waals surface area contributed by atoms with E-state index in [1.807, 2.05) is 6.92 Å². The fourth-order valence-corrected chi connectivity index (χ4v) is 1.62. The first-order valence-corrected chi connectivity index (χ1v) is 6.58. The van der Waals surface area contributed by atoms with Crippen LogP contribution in [0.1, 0.15) is 39.0 Å². The molecular formula is C12H23N3O5. The maximum absolute atomic E-state index is 11.6. The Morgan fingerprint density at radius 3 is 2.25 bits per heavy atom. The van der Waals surface area contributed by atoms with Gasteiger partial charge in [-0.2, -0.15) is 0 Å². The molecule has 8 nitrogen and oxygen atoms in total. The van der Waals surface area contributed by atoms with Crippen molar-refractivity contribution in [1.29, 1.82) is 0 Å². The zero-order valence-corrected chi connectivity index (χ0v) is 11.6. The summed E-state index contributed by atoms with van der Waals surface area (Å²) in [4.78, 5) is 32.9. The number of carbonyl (C=O) groups is 3. The van der Waals surface area contributed by atoms with Gasteiger partial charge in [-0.3, -0.25) is 4.79 Å². The molecule has 0 spiro atoms. The second-order valence-corrected chi connectivity index (χ2v) is 4.63. The minimum atomic E-state index is -1.25. The molecule has 0 aromatic carbocycles. The highest BCUT2D eigenvalue weighted by Gasteiger charge is 2.21. The zero-order chi connectivity index (χ0) is 15.5. The molecule has 0 saturated heterocycles. The van der Waals surface area contributed by atoms with E-state index in [-0.39, 0.29) is 18.9 Å². The highest BCUT2D eigenvalue weighted by atomic mass is 16.4. The third-order valence-corrected chi connectivity index (χ3v) is 2.72. The summed E-state index contributed by atoms with van der Waals surface area (Å²) in [5.41, 5.74) is 5.36. The Kier molecular flexibility index (Phi) is 9.10. The number of amides is 2. The summed E-state index contributed by atoms with van der Waals surface area (Å²) < 4.78 is 0. The van der Waals surface area contributed by atoms with Gasteiger partial charge in [0.15, 0.2) is 0 Å². The third-order valence-electron chi connectivity index (χ3n) is 2.72. The molecule has 0 rings (SSSR count). The summed E-state index contributed by atoms with van der Waals surface area (Å²) in [5, 5.41) is 22.3. The van der Waals surface area contributed by atoms with Crippen LogP contribution in [0.2, 0.25) is 0 Å². The van der Waals surface area contributed by atoms with Crippen molar-refractivity contribution in [2.24, 2.45) is 5.73 Å². The van der Waals surface area contributed by atoms with Crippen LogP contribution in [0, 0.1) is 0 Å². The highest BCUT2D eigenvalue weighted by Crippen LogP contribution is 2.01. The number of carbonyl (C=O) groups excluding carboxylic acids is 1. The van der Waals surface area contributed by atoms with Gasteiger partial charge in [-0.1, -0.05) is 6.42 Å². The summed E-state index contributed by atoms with van der Waals surface area (Å²) in [6.07, 6.45) is 2.02. The van der Waals surface area contributed by atoms with Gasteiger partial charge in [0, 0.05) is 12.5 Å². The van der Waals surface area contributed by atoms with Crippen molar-refractivity contribution in [2.45, 2.75) is 51.1 Å². The fourth-order valence-electron chi connectivity index (χ4n) is 1.62. The number of aliphatic carboxylic acids is 2. The molecule has 8 heteroatoms. The molecule has 20 heavy (non-hydrogen) atoms. The number of carboxylic acids is 2. The number of unbranched alkanes of at least 4 members (excludes halogenated alkanes) is 1. The van der Waals surface area contributed by atoms with Crippen molar-refractivity contribution in [3.05, 3.63) is 0 Å². The molecule has 0 radical (unpaired) electrons. The lowest BCUT2D eigenvalue weighted by molar-refractivity contribution is -0.140. The molecule has 0 aliphatic heterocycles. The minimum Gasteiger partial charge on any atom is -0.481 e. The van der Waals surface area contributed by atoms with Gasteiger partial charge in [-0.05, 0) is 32.7 Å². The highest BCUT2D eigenvalue weighted by molar-refractivity contribution is 5.83. The maximum Gasteiger partial charge on any atom is 0.326 e. The number of hydrogen-bond acceptors (Lipinski definition) is 4. The lowest BCUT2D eigenvalue weighted by Crippen LogP contribution is -2.48. The van der Waals surface area contributed by atoms with Crippen molar-refractivity contribution in [3.63, 3.8) is 0 Å². The number of urea groups is 1. The smallest absolute Gasteiger partial charge is 0.326 e. The topological polar surface area (TPSA) is 142 Å². The summed E-state index contributed by atoms with van der Waals surface area (Å²) in [6, 6.07) is -1.92. The second kappa shape index (κ2) is 10.0. The van der Waals surface area contributed by atoms with Gasteiger partial charge in [0.05, 0.1) is 0 Å². The van der Waals surface area contributed by atoms with E-state index in [0.29, 0.717) is 6.54 Å². The van der Waals surface area contributed by atoms with Crippen molar-refractivity contribution >= 4 is 18.0 Å². The van der Waals surface area contributed by atoms with Crippen molar-refractivity contribution in [3.8, 4) is 0 Å². The lowest BCUT2D eigenvalue weighted by atomic mass is 10.1. The molecule has 0 aliphatic rings. The summed E-state index contributed by atoms with van der Waals surface area (Å²) in [6.45, 7) is 2.40. The van der Waals surface area contributed by atoms with Crippen LogP contribution < -0.4 is 16.4 Å². The van der Waals surface area contributed by atoms with E-state index < -0.39 is 24.0 Å². The van der Waals surface area contributed by atoms with Crippen LogP contribution in [0.25, 0.3) is 0 Å². The quantitative estimate of drug-likeness (QED) is 0.362. The van der Waals surface area contributed by atoms with Gasteiger partial charge in [0.25, 0.3) is 0 Å². The Bertz CT molecular complexity index is 335. The van der Waals surface area contributed by atoms with Crippen molar-refractivity contribution < 1.29 is 24.6 Å². The van der Waals surface area contributed by atoms with Crippen LogP contribution in [0.5, 0.6) is 0 Å². The van der Waals surface area contributed by atoms with Crippen LogP contribution >= 0.6 is 0 Å². The second-order valence-electron chi connectivity index (χ2n) is 4.63. The SMILES string of the molecule is C[C@H](CCCCN)NC(=O)N[C@H](CCC(=O)O)C(=O)O. The standard InChI is InChI=1S/C12H23N3O5/c1-8(4-2-3-7-13)14-12(20)15-9(11(18)19)5-6-10(16)17/h8-9H,2-7,13H2,1H3,(H,16,17)(H,18,19)(H2,14,15,20)/t8-,9-/m1/s1. The molecule has 0 fully saturated rings. The van der Waals surface area contributed by atoms with Gasteiger partial charge in [0.2, 0.25) is 0 Å². The Hall–Kier alpha value is -1.83. The van der Waals surface area contributed by atoms with E-state index in [0.717, 1.165) is 19.3 Å². The zero-order valence-electron chi connectivity index (χ0n) is 11.6. The molecule has 0 aromatic rings. The average Bonchev–Trinajstić information content (AvgIpc) is 2.34. The number of carboxylic acid groups (broad SMARTS) is 2. The van der Waals surface area contributed by atoms with Crippen LogP contribution in [0.15, 0.2) is 0 Å². The number of nitrogens with two attached hydrogens (primary N) is 1. The van der Waals surface area contributed by atoms with Gasteiger partial charge in [-0.25, -0.2) is 9.59 Å². The first kappa shape index (κ1) is 18.2. The summed E-state index contributed by atoms with van der Waals surface area (Å²) in [5.74, 6) is -2.36. The third kappa shape index (κ3) is 9.15.